The van der Waals surface area contributed by atoms with Gasteiger partial charge in [0.25, 0.3) is 0 Å². The molecule has 0 bridgehead atoms. The van der Waals surface area contributed by atoms with Crippen LogP contribution in [-0.2, 0) is 4.74 Å². The standard InChI is InChI=1S/C24H19ClN4O3S/c1-30-8-9-31-16-3-5-20-18(11-16)24(27-13-26-20)29-15-2-6-22(19(25)10-15)32-17-4-7-23-21(12-17)28-14-33-23/h2-7,10-14H,8-9H2,1H3,(H,26,27,29). The summed E-state index contributed by atoms with van der Waals surface area (Å²) in [5.74, 6) is 2.60. The molecular formula is C24H19ClN4O3S. The van der Waals surface area contributed by atoms with Gasteiger partial charge in [0.2, 0.25) is 0 Å². The van der Waals surface area contributed by atoms with Gasteiger partial charge in [-0.2, -0.15) is 0 Å². The average Bonchev–Trinajstić information content (AvgIpc) is 3.29. The van der Waals surface area contributed by atoms with Gasteiger partial charge in [0, 0.05) is 24.2 Å². The van der Waals surface area contributed by atoms with Crippen LogP contribution in [0.25, 0.3) is 21.1 Å². The maximum atomic E-state index is 6.51. The molecule has 166 valence electrons. The van der Waals surface area contributed by atoms with E-state index in [9.17, 15) is 0 Å². The largest absolute Gasteiger partial charge is 0.491 e. The van der Waals surface area contributed by atoms with Crippen LogP contribution < -0.4 is 14.8 Å². The fourth-order valence-electron chi connectivity index (χ4n) is 3.29. The van der Waals surface area contributed by atoms with Crippen molar-refractivity contribution in [2.24, 2.45) is 0 Å². The Morgan fingerprint density at radius 2 is 1.82 bits per heavy atom. The highest BCUT2D eigenvalue weighted by atomic mass is 35.5. The molecule has 0 amide bonds. The molecule has 0 aliphatic heterocycles. The number of rotatable bonds is 8. The van der Waals surface area contributed by atoms with E-state index in [1.807, 2.05) is 54.0 Å². The fraction of sp³-hybridized carbons (Fsp3) is 0.125. The Hall–Kier alpha value is -3.46. The number of fused-ring (bicyclic) bond motifs is 2. The lowest BCUT2D eigenvalue weighted by molar-refractivity contribution is 0.146. The summed E-state index contributed by atoms with van der Waals surface area (Å²) in [6.07, 6.45) is 1.52. The predicted molar refractivity (Wildman–Crippen MR) is 131 cm³/mol. The first-order valence-corrected chi connectivity index (χ1v) is 11.4. The van der Waals surface area contributed by atoms with E-state index in [1.54, 1.807) is 24.5 Å². The van der Waals surface area contributed by atoms with Crippen LogP contribution >= 0.6 is 22.9 Å². The first-order chi connectivity index (χ1) is 16.2. The van der Waals surface area contributed by atoms with Crippen molar-refractivity contribution in [1.29, 1.82) is 0 Å². The fourth-order valence-corrected chi connectivity index (χ4v) is 4.17. The first kappa shape index (κ1) is 21.4. The molecule has 9 heteroatoms. The number of halogens is 1. The van der Waals surface area contributed by atoms with Gasteiger partial charge in [-0.25, -0.2) is 15.0 Å². The van der Waals surface area contributed by atoms with Crippen LogP contribution in [0.2, 0.25) is 5.02 Å². The van der Waals surface area contributed by atoms with Crippen LogP contribution in [0.1, 0.15) is 0 Å². The molecule has 5 aromatic rings. The van der Waals surface area contributed by atoms with Crippen LogP contribution in [-0.4, -0.2) is 35.3 Å². The summed E-state index contributed by atoms with van der Waals surface area (Å²) in [6, 6.07) is 17.0. The second kappa shape index (κ2) is 9.58. The normalized spacial score (nSPS) is 11.1. The van der Waals surface area contributed by atoms with E-state index in [2.05, 4.69) is 20.3 Å². The third-order valence-corrected chi connectivity index (χ3v) is 5.99. The van der Waals surface area contributed by atoms with E-state index in [1.165, 1.54) is 6.33 Å². The number of anilines is 2. The van der Waals surface area contributed by atoms with Gasteiger partial charge in [-0.15, -0.1) is 11.3 Å². The Bertz CT molecular complexity index is 1430. The molecule has 0 radical (unpaired) electrons. The highest BCUT2D eigenvalue weighted by molar-refractivity contribution is 7.16. The lowest BCUT2D eigenvalue weighted by Gasteiger charge is -2.12. The quantitative estimate of drug-likeness (QED) is 0.256. The molecule has 0 aliphatic rings. The summed E-state index contributed by atoms with van der Waals surface area (Å²) >= 11 is 8.10. The van der Waals surface area contributed by atoms with Crippen molar-refractivity contribution in [3.8, 4) is 17.2 Å². The van der Waals surface area contributed by atoms with Crippen molar-refractivity contribution >= 4 is 55.6 Å². The Labute approximate surface area is 198 Å². The summed E-state index contributed by atoms with van der Waals surface area (Å²) in [7, 11) is 1.64. The van der Waals surface area contributed by atoms with E-state index in [0.29, 0.717) is 35.6 Å². The smallest absolute Gasteiger partial charge is 0.146 e. The maximum Gasteiger partial charge on any atom is 0.146 e. The Morgan fingerprint density at radius 3 is 2.70 bits per heavy atom. The molecule has 5 rings (SSSR count). The van der Waals surface area contributed by atoms with Crippen molar-refractivity contribution in [2.45, 2.75) is 0 Å². The SMILES string of the molecule is COCCOc1ccc2ncnc(Nc3ccc(Oc4ccc5scnc5c4)c(Cl)c3)c2c1. The molecule has 1 N–H and O–H groups in total. The molecule has 2 heterocycles. The zero-order valence-corrected chi connectivity index (χ0v) is 19.2. The van der Waals surface area contributed by atoms with Gasteiger partial charge < -0.3 is 19.5 Å². The summed E-state index contributed by atoms with van der Waals surface area (Å²) in [4.78, 5) is 13.1. The second-order valence-electron chi connectivity index (χ2n) is 7.10. The van der Waals surface area contributed by atoms with E-state index < -0.39 is 0 Å². The molecular weight excluding hydrogens is 460 g/mol. The summed E-state index contributed by atoms with van der Waals surface area (Å²) in [6.45, 7) is 0.976. The summed E-state index contributed by atoms with van der Waals surface area (Å²) < 4.78 is 17.8. The third kappa shape index (κ3) is 4.83. The minimum Gasteiger partial charge on any atom is -0.491 e. The van der Waals surface area contributed by atoms with Gasteiger partial charge >= 0.3 is 0 Å². The zero-order valence-electron chi connectivity index (χ0n) is 17.6. The van der Waals surface area contributed by atoms with E-state index in [0.717, 1.165) is 32.6 Å². The van der Waals surface area contributed by atoms with Crippen LogP contribution in [0.3, 0.4) is 0 Å². The molecule has 0 fully saturated rings. The number of nitrogens with one attached hydrogen (secondary N) is 1. The van der Waals surface area contributed by atoms with Crippen molar-refractivity contribution in [3.63, 3.8) is 0 Å². The lowest BCUT2D eigenvalue weighted by Crippen LogP contribution is -2.04. The van der Waals surface area contributed by atoms with Gasteiger partial charge in [0.1, 0.15) is 36.0 Å². The van der Waals surface area contributed by atoms with Gasteiger partial charge in [-0.1, -0.05) is 11.6 Å². The van der Waals surface area contributed by atoms with Crippen molar-refractivity contribution in [3.05, 3.63) is 71.5 Å². The molecule has 0 spiro atoms. The lowest BCUT2D eigenvalue weighted by atomic mass is 10.2. The number of thiazole rings is 1. The summed E-state index contributed by atoms with van der Waals surface area (Å²) in [5, 5.41) is 4.62. The number of methoxy groups -OCH3 is 1. The van der Waals surface area contributed by atoms with Crippen LogP contribution in [0.4, 0.5) is 11.5 Å². The van der Waals surface area contributed by atoms with E-state index >= 15 is 0 Å². The summed E-state index contributed by atoms with van der Waals surface area (Å²) in [5.41, 5.74) is 4.28. The molecule has 2 aromatic heterocycles. The van der Waals surface area contributed by atoms with Crippen molar-refractivity contribution in [2.75, 3.05) is 25.6 Å². The maximum absolute atomic E-state index is 6.51. The first-order valence-electron chi connectivity index (χ1n) is 10.1. The zero-order chi connectivity index (χ0) is 22.6. The topological polar surface area (TPSA) is 78.4 Å². The van der Waals surface area contributed by atoms with Gasteiger partial charge in [-0.3, -0.25) is 0 Å². The molecule has 0 aliphatic carbocycles. The van der Waals surface area contributed by atoms with E-state index in [-0.39, 0.29) is 0 Å². The van der Waals surface area contributed by atoms with Crippen LogP contribution in [0.15, 0.2) is 66.4 Å². The van der Waals surface area contributed by atoms with E-state index in [4.69, 9.17) is 25.8 Å². The minimum atomic E-state index is 0.463. The van der Waals surface area contributed by atoms with Crippen molar-refractivity contribution < 1.29 is 14.2 Å². The van der Waals surface area contributed by atoms with Gasteiger partial charge in [-0.05, 0) is 48.5 Å². The molecule has 0 saturated carbocycles. The molecule has 3 aromatic carbocycles. The highest BCUT2D eigenvalue weighted by Crippen LogP contribution is 2.35. The molecule has 33 heavy (non-hydrogen) atoms. The Morgan fingerprint density at radius 1 is 0.909 bits per heavy atom. The van der Waals surface area contributed by atoms with Gasteiger partial charge in [0.05, 0.1) is 32.9 Å². The Balaban J connectivity index is 1.36. The average molecular weight is 479 g/mol. The molecule has 7 nitrogen and oxygen atoms in total. The highest BCUT2D eigenvalue weighted by Gasteiger charge is 2.10. The minimum absolute atomic E-state index is 0.463. The number of benzene rings is 3. The molecule has 0 saturated heterocycles. The number of aromatic nitrogens is 3. The molecule has 0 atom stereocenters. The number of hydrogen-bond donors (Lipinski definition) is 1. The monoisotopic (exact) mass is 478 g/mol. The number of ether oxygens (including phenoxy) is 3. The number of nitrogens with zero attached hydrogens (tertiary/aromatic N) is 3. The predicted octanol–water partition coefficient (Wildman–Crippen LogP) is 6.45. The Kier molecular flexibility index (Phi) is 6.21. The van der Waals surface area contributed by atoms with Gasteiger partial charge in [0.15, 0.2) is 0 Å². The second-order valence-corrected chi connectivity index (χ2v) is 8.39. The van der Waals surface area contributed by atoms with Crippen molar-refractivity contribution in [1.82, 2.24) is 15.0 Å². The third-order valence-electron chi connectivity index (χ3n) is 4.89. The van der Waals surface area contributed by atoms with Crippen LogP contribution in [0.5, 0.6) is 17.2 Å². The molecule has 0 unspecified atom stereocenters. The van der Waals surface area contributed by atoms with Crippen LogP contribution in [0, 0.1) is 0 Å². The number of hydrogen-bond acceptors (Lipinski definition) is 8.